The second-order valence-electron chi connectivity index (χ2n) is 8.66. The normalized spacial score (nSPS) is 19.4. The van der Waals surface area contributed by atoms with Crippen LogP contribution in [0.4, 0.5) is 5.69 Å². The first-order valence-electron chi connectivity index (χ1n) is 11.1. The first-order valence-corrected chi connectivity index (χ1v) is 12.9. The van der Waals surface area contributed by atoms with Crippen molar-refractivity contribution in [3.05, 3.63) is 24.3 Å². The number of nitrogens with zero attached hydrogens (tertiary/aromatic N) is 1. The molecule has 1 saturated heterocycles. The predicted octanol–water partition coefficient (Wildman–Crippen LogP) is 4.28. The highest BCUT2D eigenvalue weighted by atomic mass is 32.2. The molecule has 0 radical (unpaired) electrons. The number of amides is 1. The van der Waals surface area contributed by atoms with Crippen LogP contribution >= 0.6 is 12.2 Å². The van der Waals surface area contributed by atoms with E-state index in [0.717, 1.165) is 19.3 Å². The van der Waals surface area contributed by atoms with Crippen molar-refractivity contribution in [2.75, 3.05) is 18.4 Å². The van der Waals surface area contributed by atoms with Crippen LogP contribution in [0, 0.1) is 11.8 Å². The minimum atomic E-state index is -3.46. The van der Waals surface area contributed by atoms with E-state index in [4.69, 9.17) is 12.2 Å². The Bertz CT molecular complexity index is 826. The van der Waals surface area contributed by atoms with E-state index >= 15 is 0 Å². The summed E-state index contributed by atoms with van der Waals surface area (Å²) in [7, 11) is -3.46. The standard InChI is InChI=1S/C22H33N3O3S2/c1-17-13-15-25(16-14-17)30(27,28)20-10-8-19(9-11-20)23-22(29)24-21(26)12-7-18-5-3-2-4-6-18/h8-11,17-18H,2-7,12-16H2,1H3,(H2,23,24,26,29). The Morgan fingerprint density at radius 2 is 1.70 bits per heavy atom. The molecule has 2 N–H and O–H groups in total. The molecule has 1 aliphatic carbocycles. The lowest BCUT2D eigenvalue weighted by Crippen LogP contribution is -2.37. The number of thiocarbonyl (C=S) groups is 1. The fourth-order valence-electron chi connectivity index (χ4n) is 4.25. The second-order valence-corrected chi connectivity index (χ2v) is 11.0. The van der Waals surface area contributed by atoms with Crippen molar-refractivity contribution >= 4 is 38.9 Å². The molecule has 2 aliphatic rings. The zero-order valence-electron chi connectivity index (χ0n) is 17.7. The lowest BCUT2D eigenvalue weighted by molar-refractivity contribution is -0.120. The van der Waals surface area contributed by atoms with Gasteiger partial charge in [0.05, 0.1) is 4.90 Å². The molecule has 0 aromatic heterocycles. The van der Waals surface area contributed by atoms with E-state index in [1.165, 1.54) is 32.1 Å². The van der Waals surface area contributed by atoms with Crippen LogP contribution in [0.25, 0.3) is 0 Å². The number of rotatable bonds is 6. The lowest BCUT2D eigenvalue weighted by Gasteiger charge is -2.29. The summed E-state index contributed by atoms with van der Waals surface area (Å²) in [6, 6.07) is 6.53. The molecular formula is C22H33N3O3S2. The molecule has 1 saturated carbocycles. The van der Waals surface area contributed by atoms with Crippen LogP contribution in [0.15, 0.2) is 29.2 Å². The van der Waals surface area contributed by atoms with Crippen LogP contribution in [0.5, 0.6) is 0 Å². The Morgan fingerprint density at radius 3 is 2.33 bits per heavy atom. The van der Waals surface area contributed by atoms with Gasteiger partial charge < -0.3 is 10.6 Å². The van der Waals surface area contributed by atoms with Gasteiger partial charge in [0.2, 0.25) is 15.9 Å². The van der Waals surface area contributed by atoms with Crippen LogP contribution in [0.1, 0.15) is 64.7 Å². The SMILES string of the molecule is CC1CCN(S(=O)(=O)c2ccc(NC(=S)NC(=O)CCC3CCCCC3)cc2)CC1. The van der Waals surface area contributed by atoms with Gasteiger partial charge in [-0.15, -0.1) is 0 Å². The Labute approximate surface area is 185 Å². The average molecular weight is 452 g/mol. The first kappa shape index (κ1) is 23.2. The smallest absolute Gasteiger partial charge is 0.243 e. The molecule has 1 aliphatic heterocycles. The summed E-state index contributed by atoms with van der Waals surface area (Å²) < 4.78 is 27.2. The zero-order chi connectivity index (χ0) is 21.6. The summed E-state index contributed by atoms with van der Waals surface area (Å²) >= 11 is 5.23. The largest absolute Gasteiger partial charge is 0.332 e. The highest BCUT2D eigenvalue weighted by Crippen LogP contribution is 2.27. The van der Waals surface area contributed by atoms with Crippen molar-refractivity contribution < 1.29 is 13.2 Å². The van der Waals surface area contributed by atoms with Gasteiger partial charge in [-0.2, -0.15) is 4.31 Å². The third-order valence-corrected chi connectivity index (χ3v) is 8.37. The molecule has 166 valence electrons. The maximum Gasteiger partial charge on any atom is 0.243 e. The Kier molecular flexibility index (Phi) is 8.25. The molecule has 3 rings (SSSR count). The van der Waals surface area contributed by atoms with Gasteiger partial charge in [-0.3, -0.25) is 4.79 Å². The molecule has 1 aromatic rings. The molecule has 1 heterocycles. The van der Waals surface area contributed by atoms with Gasteiger partial charge in [-0.05, 0) is 67.6 Å². The van der Waals surface area contributed by atoms with E-state index in [1.54, 1.807) is 28.6 Å². The van der Waals surface area contributed by atoms with E-state index < -0.39 is 10.0 Å². The van der Waals surface area contributed by atoms with Crippen molar-refractivity contribution in [3.63, 3.8) is 0 Å². The van der Waals surface area contributed by atoms with E-state index in [1.807, 2.05) is 0 Å². The van der Waals surface area contributed by atoms with Crippen molar-refractivity contribution in [2.24, 2.45) is 11.8 Å². The molecule has 0 atom stereocenters. The van der Waals surface area contributed by atoms with Gasteiger partial charge in [-0.1, -0.05) is 39.0 Å². The summed E-state index contributed by atoms with van der Waals surface area (Å²) in [5, 5.41) is 5.93. The number of piperidine rings is 1. The topological polar surface area (TPSA) is 78.5 Å². The Morgan fingerprint density at radius 1 is 1.07 bits per heavy atom. The number of hydrogen-bond acceptors (Lipinski definition) is 4. The molecule has 6 nitrogen and oxygen atoms in total. The fourth-order valence-corrected chi connectivity index (χ4v) is 5.95. The number of carbonyl (C=O) groups is 1. The highest BCUT2D eigenvalue weighted by molar-refractivity contribution is 7.89. The molecule has 1 amide bonds. The minimum absolute atomic E-state index is 0.0726. The van der Waals surface area contributed by atoms with Gasteiger partial charge in [0.15, 0.2) is 5.11 Å². The van der Waals surface area contributed by atoms with Gasteiger partial charge in [0, 0.05) is 25.2 Å². The summed E-state index contributed by atoms with van der Waals surface area (Å²) in [5.74, 6) is 1.15. The molecular weight excluding hydrogens is 418 g/mol. The van der Waals surface area contributed by atoms with Crippen LogP contribution in [-0.2, 0) is 14.8 Å². The third kappa shape index (κ3) is 6.49. The molecule has 8 heteroatoms. The number of nitrogens with one attached hydrogen (secondary N) is 2. The zero-order valence-corrected chi connectivity index (χ0v) is 19.4. The third-order valence-electron chi connectivity index (χ3n) is 6.25. The average Bonchev–Trinajstić information content (AvgIpc) is 2.73. The molecule has 1 aromatic carbocycles. The monoisotopic (exact) mass is 451 g/mol. The summed E-state index contributed by atoms with van der Waals surface area (Å²) in [6.07, 6.45) is 9.50. The fraction of sp³-hybridized carbons (Fsp3) is 0.636. The molecule has 2 fully saturated rings. The Balaban J connectivity index is 1.47. The van der Waals surface area contributed by atoms with Crippen molar-refractivity contribution in [2.45, 2.75) is 69.6 Å². The predicted molar refractivity (Wildman–Crippen MR) is 124 cm³/mol. The summed E-state index contributed by atoms with van der Waals surface area (Å²) in [4.78, 5) is 12.4. The quantitative estimate of drug-likeness (QED) is 0.631. The first-order chi connectivity index (χ1) is 14.3. The van der Waals surface area contributed by atoms with E-state index in [2.05, 4.69) is 17.6 Å². The molecule has 0 spiro atoms. The summed E-state index contributed by atoms with van der Waals surface area (Å²) in [6.45, 7) is 3.29. The summed E-state index contributed by atoms with van der Waals surface area (Å²) in [5.41, 5.74) is 0.652. The molecule has 0 unspecified atom stereocenters. The van der Waals surface area contributed by atoms with Gasteiger partial charge >= 0.3 is 0 Å². The molecule has 30 heavy (non-hydrogen) atoms. The van der Waals surface area contributed by atoms with Crippen LogP contribution < -0.4 is 10.6 Å². The van der Waals surface area contributed by atoms with Crippen LogP contribution in [-0.4, -0.2) is 36.8 Å². The van der Waals surface area contributed by atoms with Gasteiger partial charge in [0.1, 0.15) is 0 Å². The second kappa shape index (κ2) is 10.7. The van der Waals surface area contributed by atoms with Crippen molar-refractivity contribution in [1.29, 1.82) is 0 Å². The minimum Gasteiger partial charge on any atom is -0.332 e. The van der Waals surface area contributed by atoms with E-state index in [0.29, 0.717) is 37.0 Å². The van der Waals surface area contributed by atoms with E-state index in [-0.39, 0.29) is 15.9 Å². The Hall–Kier alpha value is -1.51. The van der Waals surface area contributed by atoms with Crippen molar-refractivity contribution in [1.82, 2.24) is 9.62 Å². The number of benzene rings is 1. The number of carbonyl (C=O) groups excluding carboxylic acids is 1. The lowest BCUT2D eigenvalue weighted by atomic mass is 9.86. The van der Waals surface area contributed by atoms with Crippen LogP contribution in [0.3, 0.4) is 0 Å². The van der Waals surface area contributed by atoms with Crippen LogP contribution in [0.2, 0.25) is 0 Å². The number of sulfonamides is 1. The van der Waals surface area contributed by atoms with Gasteiger partial charge in [-0.25, -0.2) is 8.42 Å². The number of anilines is 1. The highest BCUT2D eigenvalue weighted by Gasteiger charge is 2.27. The molecule has 0 bridgehead atoms. The van der Waals surface area contributed by atoms with Crippen molar-refractivity contribution in [3.8, 4) is 0 Å². The van der Waals surface area contributed by atoms with E-state index in [9.17, 15) is 13.2 Å². The maximum atomic E-state index is 12.8. The van der Waals surface area contributed by atoms with Gasteiger partial charge in [0.25, 0.3) is 0 Å². The maximum absolute atomic E-state index is 12.8. The number of hydrogen-bond donors (Lipinski definition) is 2.